The minimum atomic E-state index is -5.04. The molecule has 1 aromatic carbocycles. The van der Waals surface area contributed by atoms with E-state index in [1.165, 1.54) is 0 Å². The van der Waals surface area contributed by atoms with Crippen LogP contribution < -0.4 is 10.2 Å². The van der Waals surface area contributed by atoms with Crippen LogP contribution in [0.15, 0.2) is 30.0 Å². The zero-order valence-corrected chi connectivity index (χ0v) is 15.1. The number of allylic oxidation sites excluding steroid dienone is 1. The number of nitrogens with one attached hydrogen (secondary N) is 1. The van der Waals surface area contributed by atoms with Crippen LogP contribution >= 0.6 is 0 Å². The maximum absolute atomic E-state index is 13.3. The molecule has 1 aliphatic rings. The zero-order chi connectivity index (χ0) is 19.7. The van der Waals surface area contributed by atoms with E-state index in [-0.39, 0.29) is 23.0 Å². The lowest BCUT2D eigenvalue weighted by Gasteiger charge is -2.33. The molecule has 0 saturated carbocycles. The van der Waals surface area contributed by atoms with Crippen molar-refractivity contribution in [2.45, 2.75) is 51.9 Å². The van der Waals surface area contributed by atoms with Gasteiger partial charge >= 0.3 is 6.18 Å². The van der Waals surface area contributed by atoms with Crippen LogP contribution in [0.25, 0.3) is 0 Å². The monoisotopic (exact) mass is 372 g/mol. The topological polar surface area (TPSA) is 61.8 Å². The molecule has 2 N–H and O–H groups in total. The number of nitrogens with zero attached hydrogens (tertiary/aromatic N) is 1. The molecule has 1 heterocycles. The van der Waals surface area contributed by atoms with E-state index in [9.17, 15) is 23.1 Å². The van der Waals surface area contributed by atoms with Crippen molar-refractivity contribution in [3.05, 3.63) is 41.1 Å². The first kappa shape index (κ1) is 20.1. The Bertz CT molecular complexity index is 716. The van der Waals surface area contributed by atoms with E-state index in [0.29, 0.717) is 11.8 Å². The van der Waals surface area contributed by atoms with Crippen molar-refractivity contribution in [2.24, 2.45) is 0 Å². The molecule has 0 aliphatic carbocycles. The molecule has 1 amide bonds. The van der Waals surface area contributed by atoms with Gasteiger partial charge in [-0.15, -0.1) is 0 Å². The summed E-state index contributed by atoms with van der Waals surface area (Å²) in [5.41, 5.74) is 0.773. The maximum atomic E-state index is 13.3. The number of carbonyl (C=O) groups excluding carboxylic acids is 1. The van der Waals surface area contributed by atoms with Gasteiger partial charge in [-0.3, -0.25) is 10.2 Å². The van der Waals surface area contributed by atoms with E-state index in [1.807, 2.05) is 32.9 Å². The summed E-state index contributed by atoms with van der Waals surface area (Å²) >= 11 is 0. The highest BCUT2D eigenvalue weighted by atomic mass is 19.4. The van der Waals surface area contributed by atoms with Crippen LogP contribution in [-0.4, -0.2) is 34.5 Å². The molecule has 1 aromatic rings. The number of alkyl halides is 3. The fourth-order valence-corrected chi connectivity index (χ4v) is 2.66. The quantitative estimate of drug-likeness (QED) is 0.832. The van der Waals surface area contributed by atoms with Crippen LogP contribution in [0.1, 0.15) is 44.2 Å². The predicted octanol–water partition coefficient (Wildman–Crippen LogP) is 3.39. The Hall–Kier alpha value is -2.22. The third kappa shape index (κ3) is 3.80. The largest absolute Gasteiger partial charge is 0.483 e. The van der Waals surface area contributed by atoms with Crippen LogP contribution in [0.4, 0.5) is 13.2 Å². The Balaban J connectivity index is 2.19. The second-order valence-electron chi connectivity index (χ2n) is 6.57. The fourth-order valence-electron chi connectivity index (χ4n) is 2.66. The number of hydrogen-bond donors (Lipinski definition) is 2. The van der Waals surface area contributed by atoms with E-state index in [4.69, 9.17) is 4.74 Å². The summed E-state index contributed by atoms with van der Waals surface area (Å²) < 4.78 is 45.3. The van der Waals surface area contributed by atoms with Gasteiger partial charge in [-0.25, -0.2) is 5.01 Å². The van der Waals surface area contributed by atoms with Crippen LogP contribution in [0.3, 0.4) is 0 Å². The van der Waals surface area contributed by atoms with Gasteiger partial charge in [-0.1, -0.05) is 32.9 Å². The average molecular weight is 372 g/mol. The number of carbonyl (C=O) groups is 1. The van der Waals surface area contributed by atoms with E-state index in [2.05, 4.69) is 5.43 Å². The summed E-state index contributed by atoms with van der Waals surface area (Å²) in [6, 6.07) is 5.48. The van der Waals surface area contributed by atoms with Crippen molar-refractivity contribution in [1.82, 2.24) is 10.4 Å². The number of amides is 1. The van der Waals surface area contributed by atoms with Gasteiger partial charge in [-0.2, -0.15) is 13.2 Å². The first-order valence-corrected chi connectivity index (χ1v) is 8.33. The molecule has 0 spiro atoms. The molecule has 0 radical (unpaired) electrons. The Morgan fingerprint density at radius 1 is 1.38 bits per heavy atom. The molecule has 26 heavy (non-hydrogen) atoms. The highest BCUT2D eigenvalue weighted by Gasteiger charge is 2.61. The molecule has 144 valence electrons. The molecular formula is C18H23F3N2O3. The number of rotatable bonds is 5. The number of aliphatic hydroxyl groups is 1. The first-order valence-electron chi connectivity index (χ1n) is 8.33. The summed E-state index contributed by atoms with van der Waals surface area (Å²) in [5, 5.41) is 10.2. The first-order chi connectivity index (χ1) is 12.0. The molecule has 1 aliphatic heterocycles. The van der Waals surface area contributed by atoms with Gasteiger partial charge in [0.05, 0.1) is 0 Å². The van der Waals surface area contributed by atoms with Crippen LogP contribution in [-0.2, 0) is 4.79 Å². The lowest BCUT2D eigenvalue weighted by molar-refractivity contribution is -0.289. The van der Waals surface area contributed by atoms with Gasteiger partial charge in [0.15, 0.2) is 6.61 Å². The van der Waals surface area contributed by atoms with Gasteiger partial charge in [0.1, 0.15) is 5.75 Å². The number of aryl methyl sites for hydroxylation is 1. The molecule has 0 fully saturated rings. The van der Waals surface area contributed by atoms with Crippen LogP contribution in [0, 0.1) is 6.92 Å². The summed E-state index contributed by atoms with van der Waals surface area (Å²) in [4.78, 5) is 12.4. The van der Waals surface area contributed by atoms with Crippen molar-refractivity contribution >= 4 is 5.91 Å². The van der Waals surface area contributed by atoms with Crippen molar-refractivity contribution in [2.75, 3.05) is 6.61 Å². The fraction of sp³-hybridized carbons (Fsp3) is 0.500. The molecule has 1 atom stereocenters. The normalized spacial score (nSPS) is 20.2. The molecule has 0 saturated heterocycles. The Morgan fingerprint density at radius 3 is 2.58 bits per heavy atom. The Labute approximate surface area is 150 Å². The second-order valence-corrected chi connectivity index (χ2v) is 6.57. The number of ether oxygens (including phenoxy) is 1. The molecule has 5 nitrogen and oxygen atoms in total. The summed E-state index contributed by atoms with van der Waals surface area (Å²) in [5.74, 6) is -0.474. The summed E-state index contributed by atoms with van der Waals surface area (Å²) in [6.07, 6.45) is -4.23. The van der Waals surface area contributed by atoms with E-state index >= 15 is 0 Å². The van der Waals surface area contributed by atoms with Gasteiger partial charge in [-0.05, 0) is 42.5 Å². The molecule has 2 rings (SSSR count). The van der Waals surface area contributed by atoms with E-state index in [0.717, 1.165) is 11.1 Å². The molecule has 0 unspecified atom stereocenters. The molecule has 0 aromatic heterocycles. The molecule has 8 heteroatoms. The summed E-state index contributed by atoms with van der Waals surface area (Å²) in [7, 11) is 0. The average Bonchev–Trinajstić information content (AvgIpc) is 2.90. The predicted molar refractivity (Wildman–Crippen MR) is 90.1 cm³/mol. The third-order valence-electron chi connectivity index (χ3n) is 4.16. The molecular weight excluding hydrogens is 349 g/mol. The van der Waals surface area contributed by atoms with Crippen molar-refractivity contribution in [1.29, 1.82) is 0 Å². The Morgan fingerprint density at radius 2 is 2.04 bits per heavy atom. The van der Waals surface area contributed by atoms with E-state index < -0.39 is 24.4 Å². The number of halogens is 3. The zero-order valence-electron chi connectivity index (χ0n) is 15.1. The van der Waals surface area contributed by atoms with Crippen LogP contribution in [0.5, 0.6) is 5.75 Å². The third-order valence-corrected chi connectivity index (χ3v) is 4.16. The van der Waals surface area contributed by atoms with Gasteiger partial charge in [0.25, 0.3) is 11.6 Å². The van der Waals surface area contributed by atoms with Gasteiger partial charge < -0.3 is 9.84 Å². The SMILES string of the molecule is CCC1=C[C@](O)(C(F)(F)F)N(C(=O)COc2cc(C)ccc2C(C)C)N1. The standard InChI is InChI=1S/C18H23F3N2O3/c1-5-13-9-17(25,18(19,20)21)23(22-13)16(24)10-26-15-8-12(4)6-7-14(15)11(2)3/h6-9,11,22,25H,5,10H2,1-4H3/t17-/m0/s1. The lowest BCUT2D eigenvalue weighted by Crippen LogP contribution is -2.61. The van der Waals surface area contributed by atoms with E-state index in [1.54, 1.807) is 13.0 Å². The van der Waals surface area contributed by atoms with Crippen LogP contribution in [0.2, 0.25) is 0 Å². The van der Waals surface area contributed by atoms with Crippen molar-refractivity contribution < 1.29 is 27.8 Å². The minimum absolute atomic E-state index is 0.108. The maximum Gasteiger partial charge on any atom is 0.442 e. The Kier molecular flexibility index (Phi) is 5.55. The molecule has 0 bridgehead atoms. The minimum Gasteiger partial charge on any atom is -0.483 e. The number of hydrazine groups is 1. The number of hydrogen-bond acceptors (Lipinski definition) is 4. The second kappa shape index (κ2) is 7.19. The lowest BCUT2D eigenvalue weighted by atomic mass is 10.0. The number of benzene rings is 1. The smallest absolute Gasteiger partial charge is 0.442 e. The van der Waals surface area contributed by atoms with Gasteiger partial charge in [0.2, 0.25) is 0 Å². The van der Waals surface area contributed by atoms with Crippen molar-refractivity contribution in [3.8, 4) is 5.75 Å². The highest BCUT2D eigenvalue weighted by molar-refractivity contribution is 5.79. The summed E-state index contributed by atoms with van der Waals surface area (Å²) in [6.45, 7) is 6.71. The van der Waals surface area contributed by atoms with Gasteiger partial charge in [0, 0.05) is 5.70 Å². The van der Waals surface area contributed by atoms with Crippen molar-refractivity contribution in [3.63, 3.8) is 0 Å². The highest BCUT2D eigenvalue weighted by Crippen LogP contribution is 2.38.